The van der Waals surface area contributed by atoms with E-state index in [0.29, 0.717) is 5.56 Å². The van der Waals surface area contributed by atoms with Crippen LogP contribution in [0.3, 0.4) is 0 Å². The van der Waals surface area contributed by atoms with Crippen molar-refractivity contribution >= 4 is 0 Å². The van der Waals surface area contributed by atoms with Crippen molar-refractivity contribution in [1.29, 1.82) is 0 Å². The average molecular weight is 185 g/mol. The van der Waals surface area contributed by atoms with Gasteiger partial charge in [-0.3, -0.25) is 0 Å². The molecule has 0 fully saturated rings. The van der Waals surface area contributed by atoms with Gasteiger partial charge in [0.25, 0.3) is 0 Å². The van der Waals surface area contributed by atoms with Crippen molar-refractivity contribution in [1.82, 2.24) is 0 Å². The third-order valence-electron chi connectivity index (χ3n) is 1.79. The summed E-state index contributed by atoms with van der Waals surface area (Å²) in [6.07, 6.45) is -0.945. The first kappa shape index (κ1) is 10.1. The van der Waals surface area contributed by atoms with Crippen LogP contribution >= 0.6 is 0 Å². The molecule has 1 rings (SSSR count). The molecule has 0 aliphatic rings. The Morgan fingerprint density at radius 3 is 2.69 bits per heavy atom. The van der Waals surface area contributed by atoms with Crippen LogP contribution in [0.1, 0.15) is 25.1 Å². The molecule has 0 radical (unpaired) electrons. The Balaban J connectivity index is 2.71. The van der Waals surface area contributed by atoms with Gasteiger partial charge in [-0.2, -0.15) is 0 Å². The zero-order valence-electron chi connectivity index (χ0n) is 7.50. The summed E-state index contributed by atoms with van der Waals surface area (Å²) < 4.78 is 26.0. The summed E-state index contributed by atoms with van der Waals surface area (Å²) in [5.41, 5.74) is 5.79. The van der Waals surface area contributed by atoms with Crippen LogP contribution in [0, 0.1) is 5.82 Å². The first-order valence-electron chi connectivity index (χ1n) is 4.24. The second kappa shape index (κ2) is 4.33. The summed E-state index contributed by atoms with van der Waals surface area (Å²) in [6, 6.07) is 5.35. The molecule has 72 valence electrons. The van der Waals surface area contributed by atoms with Gasteiger partial charge in [-0.1, -0.05) is 12.1 Å². The number of alkyl halides is 1. The number of halogens is 2. The highest BCUT2D eigenvalue weighted by Crippen LogP contribution is 2.22. The minimum atomic E-state index is -1.17. The zero-order chi connectivity index (χ0) is 9.84. The molecule has 1 aromatic carbocycles. The van der Waals surface area contributed by atoms with Crippen LogP contribution in [0.4, 0.5) is 8.78 Å². The maximum Gasteiger partial charge on any atom is 0.127 e. The second-order valence-electron chi connectivity index (χ2n) is 3.24. The molecule has 0 bridgehead atoms. The maximum atomic E-state index is 13.3. The van der Waals surface area contributed by atoms with Crippen LogP contribution in [-0.4, -0.2) is 6.04 Å². The summed E-state index contributed by atoms with van der Waals surface area (Å²) in [5.74, 6) is -0.412. The molecule has 0 saturated carbocycles. The molecule has 0 aliphatic heterocycles. The lowest BCUT2D eigenvalue weighted by Gasteiger charge is -2.10. The van der Waals surface area contributed by atoms with Crippen molar-refractivity contribution in [2.45, 2.75) is 25.6 Å². The van der Waals surface area contributed by atoms with Crippen molar-refractivity contribution in [3.63, 3.8) is 0 Å². The van der Waals surface area contributed by atoms with E-state index in [9.17, 15) is 8.78 Å². The Kier molecular flexibility index (Phi) is 3.37. The van der Waals surface area contributed by atoms with Crippen LogP contribution in [0.15, 0.2) is 24.3 Å². The topological polar surface area (TPSA) is 26.0 Å². The van der Waals surface area contributed by atoms with Crippen LogP contribution < -0.4 is 5.73 Å². The molecule has 1 aromatic rings. The van der Waals surface area contributed by atoms with Crippen molar-refractivity contribution in [2.75, 3.05) is 0 Å². The van der Waals surface area contributed by atoms with Gasteiger partial charge in [0.2, 0.25) is 0 Å². The zero-order valence-corrected chi connectivity index (χ0v) is 7.50. The molecule has 2 unspecified atom stereocenters. The van der Waals surface area contributed by atoms with Crippen LogP contribution in [0.25, 0.3) is 0 Å². The van der Waals surface area contributed by atoms with Crippen molar-refractivity contribution in [3.8, 4) is 0 Å². The van der Waals surface area contributed by atoms with Gasteiger partial charge in [0.15, 0.2) is 0 Å². The van der Waals surface area contributed by atoms with E-state index in [0.717, 1.165) is 0 Å². The number of rotatable bonds is 3. The average Bonchev–Trinajstić information content (AvgIpc) is 2.03. The highest BCUT2D eigenvalue weighted by Gasteiger charge is 2.11. The van der Waals surface area contributed by atoms with E-state index < -0.39 is 12.0 Å². The summed E-state index contributed by atoms with van der Waals surface area (Å²) in [7, 11) is 0. The predicted octanol–water partition coefficient (Wildman–Crippen LogP) is 2.57. The molecule has 2 N–H and O–H groups in total. The third-order valence-corrected chi connectivity index (χ3v) is 1.79. The van der Waals surface area contributed by atoms with E-state index in [2.05, 4.69) is 0 Å². The number of nitrogens with two attached hydrogens (primary N) is 1. The van der Waals surface area contributed by atoms with E-state index in [1.165, 1.54) is 18.2 Å². The van der Waals surface area contributed by atoms with Crippen LogP contribution in [0.2, 0.25) is 0 Å². The van der Waals surface area contributed by atoms with Gasteiger partial charge in [-0.15, -0.1) is 0 Å². The predicted molar refractivity (Wildman–Crippen MR) is 48.5 cm³/mol. The van der Waals surface area contributed by atoms with Gasteiger partial charge >= 0.3 is 0 Å². The lowest BCUT2D eigenvalue weighted by molar-refractivity contribution is 0.306. The quantitative estimate of drug-likeness (QED) is 0.769. The molecule has 2 atom stereocenters. The second-order valence-corrected chi connectivity index (χ2v) is 3.24. The van der Waals surface area contributed by atoms with Gasteiger partial charge in [0.05, 0.1) is 0 Å². The van der Waals surface area contributed by atoms with Crippen molar-refractivity contribution in [3.05, 3.63) is 35.6 Å². The Hall–Kier alpha value is -0.960. The number of hydrogen-bond donors (Lipinski definition) is 1. The highest BCUT2D eigenvalue weighted by molar-refractivity contribution is 5.18. The normalized spacial score (nSPS) is 15.4. The van der Waals surface area contributed by atoms with E-state index in [1.807, 2.05) is 0 Å². The lowest BCUT2D eigenvalue weighted by Crippen LogP contribution is -2.17. The molecule has 0 heterocycles. The van der Waals surface area contributed by atoms with Crippen molar-refractivity contribution < 1.29 is 8.78 Å². The van der Waals surface area contributed by atoms with E-state index in [4.69, 9.17) is 5.73 Å². The minimum absolute atomic E-state index is 0.210. The van der Waals surface area contributed by atoms with Gasteiger partial charge in [0.1, 0.15) is 12.0 Å². The molecular weight excluding hydrogens is 172 g/mol. The standard InChI is InChI=1S/C10H13F2N/c1-7(13)5-10(12)8-3-2-4-9(11)6-8/h2-4,6-7,10H,5,13H2,1H3. The SMILES string of the molecule is CC(N)CC(F)c1cccc(F)c1. The smallest absolute Gasteiger partial charge is 0.127 e. The van der Waals surface area contributed by atoms with Crippen LogP contribution in [0.5, 0.6) is 0 Å². The fourth-order valence-corrected chi connectivity index (χ4v) is 1.16. The summed E-state index contributed by atoms with van der Waals surface area (Å²) >= 11 is 0. The van der Waals surface area contributed by atoms with Gasteiger partial charge in [-0.05, 0) is 31.0 Å². The number of hydrogen-bond acceptors (Lipinski definition) is 1. The summed E-state index contributed by atoms with van der Waals surface area (Å²) in [5, 5.41) is 0. The molecule has 13 heavy (non-hydrogen) atoms. The molecule has 0 spiro atoms. The monoisotopic (exact) mass is 185 g/mol. The first-order chi connectivity index (χ1) is 6.09. The Bertz CT molecular complexity index is 273. The summed E-state index contributed by atoms with van der Waals surface area (Å²) in [4.78, 5) is 0. The van der Waals surface area contributed by atoms with Crippen molar-refractivity contribution in [2.24, 2.45) is 5.73 Å². The minimum Gasteiger partial charge on any atom is -0.328 e. The Labute approximate surface area is 76.6 Å². The van der Waals surface area contributed by atoms with Gasteiger partial charge < -0.3 is 5.73 Å². The number of benzene rings is 1. The van der Waals surface area contributed by atoms with E-state index >= 15 is 0 Å². The van der Waals surface area contributed by atoms with E-state index in [-0.39, 0.29) is 12.5 Å². The largest absolute Gasteiger partial charge is 0.328 e. The van der Waals surface area contributed by atoms with E-state index in [1.54, 1.807) is 13.0 Å². The van der Waals surface area contributed by atoms with Crippen LogP contribution in [-0.2, 0) is 0 Å². The fraction of sp³-hybridized carbons (Fsp3) is 0.400. The fourth-order valence-electron chi connectivity index (χ4n) is 1.16. The molecule has 0 saturated heterocycles. The lowest BCUT2D eigenvalue weighted by atomic mass is 10.0. The van der Waals surface area contributed by atoms with Gasteiger partial charge in [-0.25, -0.2) is 8.78 Å². The molecule has 0 amide bonds. The molecule has 1 nitrogen and oxygen atoms in total. The molecule has 3 heteroatoms. The highest BCUT2D eigenvalue weighted by atomic mass is 19.1. The molecule has 0 aromatic heterocycles. The molecular formula is C10H13F2N. The summed E-state index contributed by atoms with van der Waals surface area (Å²) in [6.45, 7) is 1.73. The molecule has 0 aliphatic carbocycles. The third kappa shape index (κ3) is 3.11. The first-order valence-corrected chi connectivity index (χ1v) is 4.24. The Morgan fingerprint density at radius 2 is 2.15 bits per heavy atom. The Morgan fingerprint density at radius 1 is 1.46 bits per heavy atom. The maximum absolute atomic E-state index is 13.3. The van der Waals surface area contributed by atoms with Gasteiger partial charge in [0, 0.05) is 6.04 Å².